The lowest BCUT2D eigenvalue weighted by atomic mass is 10.2. The van der Waals surface area contributed by atoms with Crippen molar-refractivity contribution in [2.24, 2.45) is 0 Å². The summed E-state index contributed by atoms with van der Waals surface area (Å²) < 4.78 is 27.8. The molecule has 19 heavy (non-hydrogen) atoms. The van der Waals surface area contributed by atoms with Gasteiger partial charge in [0.15, 0.2) is 9.84 Å². The number of rotatable bonds is 4. The molecule has 1 fully saturated rings. The second-order valence-corrected chi connectivity index (χ2v) is 7.98. The molecule has 0 spiro atoms. The lowest BCUT2D eigenvalue weighted by molar-refractivity contribution is -0.120. The van der Waals surface area contributed by atoms with E-state index in [9.17, 15) is 13.2 Å². The van der Waals surface area contributed by atoms with Gasteiger partial charge in [-0.25, -0.2) is 8.42 Å². The molecule has 1 amide bonds. The quantitative estimate of drug-likeness (QED) is 0.790. The van der Waals surface area contributed by atoms with Crippen LogP contribution in [0, 0.1) is 6.92 Å². The van der Waals surface area contributed by atoms with Crippen molar-refractivity contribution in [3.05, 3.63) is 5.89 Å². The molecule has 0 aromatic carbocycles. The van der Waals surface area contributed by atoms with Gasteiger partial charge in [-0.1, -0.05) is 11.8 Å². The molecule has 0 aliphatic carbocycles. The first-order valence-electron chi connectivity index (χ1n) is 5.83. The van der Waals surface area contributed by atoms with E-state index in [1.54, 1.807) is 13.8 Å². The highest BCUT2D eigenvalue weighted by Crippen LogP contribution is 2.22. The molecule has 0 bridgehead atoms. The minimum atomic E-state index is -2.98. The van der Waals surface area contributed by atoms with Gasteiger partial charge in [0.25, 0.3) is 5.22 Å². The molecule has 106 valence electrons. The van der Waals surface area contributed by atoms with Crippen molar-refractivity contribution in [3.8, 4) is 0 Å². The Labute approximate surface area is 115 Å². The second kappa shape index (κ2) is 5.49. The molecule has 0 unspecified atom stereocenters. The SMILES string of the molecule is Cc1nnc(S[C@H](C)C(=O)N[C@H]2CCS(=O)(=O)C2)o1. The number of amides is 1. The molecule has 1 aliphatic rings. The molecular formula is C10H15N3O4S2. The van der Waals surface area contributed by atoms with Gasteiger partial charge in [-0.3, -0.25) is 4.79 Å². The number of hydrogen-bond acceptors (Lipinski definition) is 7. The molecule has 2 heterocycles. The maximum absolute atomic E-state index is 11.9. The minimum absolute atomic E-state index is 0.0236. The maximum Gasteiger partial charge on any atom is 0.277 e. The third-order valence-corrected chi connectivity index (χ3v) is 5.44. The van der Waals surface area contributed by atoms with Crippen LogP contribution in [0.25, 0.3) is 0 Å². The Bertz CT molecular complexity index is 569. The standard InChI is InChI=1S/C10H15N3O4S2/c1-6(18-10-13-12-7(2)17-10)9(14)11-8-3-4-19(15,16)5-8/h6,8H,3-5H2,1-2H3,(H,11,14)/t6-,8+/m1/s1. The van der Waals surface area contributed by atoms with Crippen molar-refractivity contribution in [2.75, 3.05) is 11.5 Å². The van der Waals surface area contributed by atoms with Crippen molar-refractivity contribution >= 4 is 27.5 Å². The normalized spacial score (nSPS) is 23.2. The van der Waals surface area contributed by atoms with E-state index in [0.29, 0.717) is 17.5 Å². The lowest BCUT2D eigenvalue weighted by Gasteiger charge is -2.14. The van der Waals surface area contributed by atoms with Crippen LogP contribution in [0.4, 0.5) is 0 Å². The summed E-state index contributed by atoms with van der Waals surface area (Å²) in [6, 6.07) is -0.287. The Hall–Kier alpha value is -1.09. The van der Waals surface area contributed by atoms with Gasteiger partial charge >= 0.3 is 0 Å². The molecule has 1 aromatic heterocycles. The molecule has 7 nitrogen and oxygen atoms in total. The molecule has 1 saturated heterocycles. The average Bonchev–Trinajstić information content (AvgIpc) is 2.85. The first-order chi connectivity index (χ1) is 8.85. The predicted molar refractivity (Wildman–Crippen MR) is 69.6 cm³/mol. The van der Waals surface area contributed by atoms with E-state index < -0.39 is 15.1 Å². The van der Waals surface area contributed by atoms with Crippen LogP contribution >= 0.6 is 11.8 Å². The van der Waals surface area contributed by atoms with Crippen molar-refractivity contribution < 1.29 is 17.6 Å². The van der Waals surface area contributed by atoms with Crippen LogP contribution in [-0.2, 0) is 14.6 Å². The Morgan fingerprint density at radius 2 is 2.26 bits per heavy atom. The van der Waals surface area contributed by atoms with Crippen LogP contribution in [0.1, 0.15) is 19.2 Å². The van der Waals surface area contributed by atoms with Crippen LogP contribution < -0.4 is 5.32 Å². The van der Waals surface area contributed by atoms with Crippen LogP contribution in [0.2, 0.25) is 0 Å². The molecule has 2 atom stereocenters. The monoisotopic (exact) mass is 305 g/mol. The largest absolute Gasteiger partial charge is 0.416 e. The van der Waals surface area contributed by atoms with E-state index in [0.717, 1.165) is 11.8 Å². The third kappa shape index (κ3) is 3.93. The van der Waals surface area contributed by atoms with E-state index >= 15 is 0 Å². The molecule has 0 saturated carbocycles. The zero-order chi connectivity index (χ0) is 14.0. The van der Waals surface area contributed by atoms with E-state index in [2.05, 4.69) is 15.5 Å². The van der Waals surface area contributed by atoms with Crippen molar-refractivity contribution in [2.45, 2.75) is 36.8 Å². The Morgan fingerprint density at radius 1 is 1.53 bits per heavy atom. The van der Waals surface area contributed by atoms with Gasteiger partial charge in [-0.05, 0) is 13.3 Å². The lowest BCUT2D eigenvalue weighted by Crippen LogP contribution is -2.39. The highest BCUT2D eigenvalue weighted by atomic mass is 32.2. The summed E-state index contributed by atoms with van der Waals surface area (Å²) in [4.78, 5) is 11.9. The number of carbonyl (C=O) groups is 1. The topological polar surface area (TPSA) is 102 Å². The number of nitrogens with one attached hydrogen (secondary N) is 1. The zero-order valence-corrected chi connectivity index (χ0v) is 12.3. The number of carbonyl (C=O) groups excluding carboxylic acids is 1. The number of aryl methyl sites for hydroxylation is 1. The number of aromatic nitrogens is 2. The predicted octanol–water partition coefficient (Wildman–Crippen LogP) is 0.162. The van der Waals surface area contributed by atoms with E-state index in [1.165, 1.54) is 0 Å². The van der Waals surface area contributed by atoms with E-state index in [1.807, 2.05) is 0 Å². The van der Waals surface area contributed by atoms with Crippen LogP contribution in [0.5, 0.6) is 0 Å². The molecule has 1 N–H and O–H groups in total. The van der Waals surface area contributed by atoms with E-state index in [4.69, 9.17) is 4.42 Å². The molecular weight excluding hydrogens is 290 g/mol. The summed E-state index contributed by atoms with van der Waals surface area (Å²) in [6.07, 6.45) is 0.477. The maximum atomic E-state index is 11.9. The van der Waals surface area contributed by atoms with Crippen molar-refractivity contribution in [1.29, 1.82) is 0 Å². The van der Waals surface area contributed by atoms with Crippen LogP contribution in [-0.4, -0.2) is 47.3 Å². The summed E-state index contributed by atoms with van der Waals surface area (Å²) in [6.45, 7) is 3.38. The molecule has 1 aliphatic heterocycles. The minimum Gasteiger partial charge on any atom is -0.416 e. The number of nitrogens with zero attached hydrogens (tertiary/aromatic N) is 2. The highest BCUT2D eigenvalue weighted by Gasteiger charge is 2.30. The number of thioether (sulfide) groups is 1. The summed E-state index contributed by atoms with van der Waals surface area (Å²) in [5.74, 6) is 0.387. The third-order valence-electron chi connectivity index (χ3n) is 2.73. The van der Waals surface area contributed by atoms with Crippen LogP contribution in [0.15, 0.2) is 9.64 Å². The van der Waals surface area contributed by atoms with Crippen molar-refractivity contribution in [3.63, 3.8) is 0 Å². The Morgan fingerprint density at radius 3 is 2.79 bits per heavy atom. The first kappa shape index (κ1) is 14.3. The first-order valence-corrected chi connectivity index (χ1v) is 8.53. The number of sulfone groups is 1. The summed E-state index contributed by atoms with van der Waals surface area (Å²) >= 11 is 1.15. The van der Waals surface area contributed by atoms with E-state index in [-0.39, 0.29) is 23.5 Å². The highest BCUT2D eigenvalue weighted by molar-refractivity contribution is 8.00. The van der Waals surface area contributed by atoms with Gasteiger partial charge in [0.2, 0.25) is 11.8 Å². The smallest absolute Gasteiger partial charge is 0.277 e. The molecule has 0 radical (unpaired) electrons. The second-order valence-electron chi connectivity index (χ2n) is 4.46. The van der Waals surface area contributed by atoms with Crippen LogP contribution in [0.3, 0.4) is 0 Å². The Balaban J connectivity index is 1.86. The van der Waals surface area contributed by atoms with Gasteiger partial charge in [0.05, 0.1) is 16.8 Å². The summed E-state index contributed by atoms with van der Waals surface area (Å²) in [5.41, 5.74) is 0. The fraction of sp³-hybridized carbons (Fsp3) is 0.700. The molecule has 9 heteroatoms. The summed E-state index contributed by atoms with van der Waals surface area (Å²) in [5, 5.41) is 10.1. The van der Waals surface area contributed by atoms with Gasteiger partial charge < -0.3 is 9.73 Å². The summed E-state index contributed by atoms with van der Waals surface area (Å²) in [7, 11) is -2.98. The Kier molecular flexibility index (Phi) is 4.14. The fourth-order valence-electron chi connectivity index (χ4n) is 1.76. The van der Waals surface area contributed by atoms with Gasteiger partial charge in [-0.15, -0.1) is 10.2 Å². The molecule has 2 rings (SSSR count). The molecule has 1 aromatic rings. The average molecular weight is 305 g/mol. The van der Waals surface area contributed by atoms with Gasteiger partial charge in [0.1, 0.15) is 0 Å². The van der Waals surface area contributed by atoms with Gasteiger partial charge in [-0.2, -0.15) is 0 Å². The fourth-order valence-corrected chi connectivity index (χ4v) is 4.17. The number of hydrogen-bond donors (Lipinski definition) is 1. The zero-order valence-electron chi connectivity index (χ0n) is 10.6. The van der Waals surface area contributed by atoms with Gasteiger partial charge in [0, 0.05) is 13.0 Å². The van der Waals surface area contributed by atoms with Crippen molar-refractivity contribution in [1.82, 2.24) is 15.5 Å².